The van der Waals surface area contributed by atoms with E-state index in [9.17, 15) is 13.6 Å². The normalized spacial score (nSPS) is 25.0. The number of H-pyrrole nitrogens is 1. The number of carbonyl (C=O) groups excluding carboxylic acids is 1. The number of aliphatic imine (C=N–C) groups is 2. The first-order chi connectivity index (χ1) is 18.7. The summed E-state index contributed by atoms with van der Waals surface area (Å²) in [6.45, 7) is 4.34. The number of likely N-dealkylation sites (N-methyl/N-ethyl adjacent to an activating group) is 1. The first-order valence-electron chi connectivity index (χ1n) is 13.0. The molecule has 0 spiro atoms. The molecule has 0 saturated carbocycles. The molecule has 0 radical (unpaired) electrons. The largest absolute Gasteiger partial charge is 0.437 e. The van der Waals surface area contributed by atoms with Gasteiger partial charge in [-0.05, 0) is 32.2 Å². The Morgan fingerprint density at radius 1 is 1.18 bits per heavy atom. The second kappa shape index (κ2) is 9.74. The number of carbonyl (C=O) groups is 1. The number of hydrogen-bond donors (Lipinski definition) is 2. The summed E-state index contributed by atoms with van der Waals surface area (Å²) < 4.78 is 48.8. The second-order valence-corrected chi connectivity index (χ2v) is 10.6. The van der Waals surface area contributed by atoms with Crippen LogP contribution in [0.15, 0.2) is 51.4 Å². The fourth-order valence-corrected chi connectivity index (χ4v) is 5.42. The molecule has 206 valence electrons. The molecule has 2 saturated heterocycles. The Kier molecular flexibility index (Phi) is 6.37. The van der Waals surface area contributed by atoms with Gasteiger partial charge in [-0.2, -0.15) is 0 Å². The Morgan fingerprint density at radius 2 is 1.95 bits per heavy atom. The Balaban J connectivity index is 1.35. The van der Waals surface area contributed by atoms with Gasteiger partial charge < -0.3 is 29.7 Å². The Morgan fingerprint density at radius 3 is 2.69 bits per heavy atom. The lowest BCUT2D eigenvalue weighted by molar-refractivity contribution is -0.162. The van der Waals surface area contributed by atoms with Gasteiger partial charge in [0.1, 0.15) is 5.57 Å². The van der Waals surface area contributed by atoms with E-state index in [-0.39, 0.29) is 23.1 Å². The molecule has 2 aromatic rings. The number of alkyl halides is 2. The number of rotatable bonds is 5. The smallest absolute Gasteiger partial charge is 0.282 e. The van der Waals surface area contributed by atoms with Gasteiger partial charge >= 0.3 is 0 Å². The Hall–Kier alpha value is -3.80. The van der Waals surface area contributed by atoms with Gasteiger partial charge in [0.15, 0.2) is 11.6 Å². The Labute approximate surface area is 223 Å². The van der Waals surface area contributed by atoms with Crippen LogP contribution in [0, 0.1) is 18.7 Å². The van der Waals surface area contributed by atoms with Crippen molar-refractivity contribution in [3.8, 4) is 5.75 Å². The Bertz CT molecular complexity index is 1410. The lowest BCUT2D eigenvalue weighted by atomic mass is 9.89. The van der Waals surface area contributed by atoms with Crippen LogP contribution >= 0.6 is 0 Å². The van der Waals surface area contributed by atoms with Crippen LogP contribution in [0.5, 0.6) is 5.75 Å². The predicted octanol–water partition coefficient (Wildman–Crippen LogP) is 2.52. The zero-order valence-corrected chi connectivity index (χ0v) is 21.8. The molecule has 1 aromatic carbocycles. The van der Waals surface area contributed by atoms with Crippen LogP contribution in [-0.2, 0) is 4.79 Å². The number of fused-ring (bicyclic) bond motifs is 1. The molecule has 0 bridgehead atoms. The number of aryl methyl sites for hydroxylation is 1. The van der Waals surface area contributed by atoms with E-state index in [2.05, 4.69) is 37.1 Å². The van der Waals surface area contributed by atoms with Gasteiger partial charge in [-0.25, -0.2) is 13.2 Å². The van der Waals surface area contributed by atoms with Crippen molar-refractivity contribution in [1.29, 1.82) is 0 Å². The van der Waals surface area contributed by atoms with Crippen LogP contribution in [0.25, 0.3) is 10.9 Å². The zero-order chi connectivity index (χ0) is 27.3. The number of benzene rings is 1. The minimum absolute atomic E-state index is 0.0233. The van der Waals surface area contributed by atoms with Crippen molar-refractivity contribution in [2.75, 3.05) is 52.9 Å². The number of hydrogen-bond acceptors (Lipinski definition) is 7. The topological polar surface area (TPSA) is 88.6 Å². The molecule has 4 aliphatic rings. The van der Waals surface area contributed by atoms with Gasteiger partial charge in [0.05, 0.1) is 31.2 Å². The molecule has 4 aliphatic heterocycles. The van der Waals surface area contributed by atoms with Crippen LogP contribution in [0.1, 0.15) is 5.69 Å². The zero-order valence-electron chi connectivity index (χ0n) is 21.8. The number of aromatic amines is 1. The fourth-order valence-electron chi connectivity index (χ4n) is 5.42. The minimum Gasteiger partial charge on any atom is -0.437 e. The van der Waals surface area contributed by atoms with Gasteiger partial charge in [-0.1, -0.05) is 6.08 Å². The van der Waals surface area contributed by atoms with Crippen molar-refractivity contribution < 1.29 is 22.7 Å². The molecule has 1 aromatic heterocycles. The first-order valence-corrected chi connectivity index (χ1v) is 13.0. The van der Waals surface area contributed by atoms with E-state index in [0.717, 1.165) is 42.5 Å². The molecule has 6 rings (SSSR count). The number of dihydropyridines is 1. The number of likely N-dealkylation sites (tertiary alicyclic amines) is 1. The van der Waals surface area contributed by atoms with Crippen LogP contribution in [0.4, 0.5) is 13.2 Å². The molecule has 9 nitrogen and oxygen atoms in total. The van der Waals surface area contributed by atoms with Crippen molar-refractivity contribution in [2.45, 2.75) is 18.9 Å². The van der Waals surface area contributed by atoms with E-state index in [1.54, 1.807) is 12.1 Å². The summed E-state index contributed by atoms with van der Waals surface area (Å²) in [6.07, 6.45) is 5.27. The third-order valence-electron chi connectivity index (χ3n) is 7.58. The number of aromatic nitrogens is 1. The highest BCUT2D eigenvalue weighted by atomic mass is 19.3. The number of piperazine rings is 1. The molecular formula is C27H30F3N7O2. The van der Waals surface area contributed by atoms with Gasteiger partial charge in [0.25, 0.3) is 11.8 Å². The first kappa shape index (κ1) is 25.5. The molecule has 2 fully saturated rings. The lowest BCUT2D eigenvalue weighted by Gasteiger charge is -2.41. The van der Waals surface area contributed by atoms with Crippen LogP contribution in [0.3, 0.4) is 0 Å². The third-order valence-corrected chi connectivity index (χ3v) is 7.58. The predicted molar refractivity (Wildman–Crippen MR) is 142 cm³/mol. The summed E-state index contributed by atoms with van der Waals surface area (Å²) in [5.41, 5.74) is 2.42. The summed E-state index contributed by atoms with van der Waals surface area (Å²) in [4.78, 5) is 31.3. The third kappa shape index (κ3) is 4.88. The maximum Gasteiger partial charge on any atom is 0.282 e. The molecular weight excluding hydrogens is 511 g/mol. The van der Waals surface area contributed by atoms with Crippen molar-refractivity contribution in [2.24, 2.45) is 15.9 Å². The summed E-state index contributed by atoms with van der Waals surface area (Å²) in [5.74, 6) is -4.58. The van der Waals surface area contributed by atoms with E-state index in [1.807, 2.05) is 19.2 Å². The molecule has 12 heteroatoms. The highest BCUT2D eigenvalue weighted by Crippen LogP contribution is 2.35. The minimum atomic E-state index is -2.94. The van der Waals surface area contributed by atoms with Crippen molar-refractivity contribution in [3.05, 3.63) is 52.9 Å². The van der Waals surface area contributed by atoms with Crippen molar-refractivity contribution in [3.63, 3.8) is 0 Å². The summed E-state index contributed by atoms with van der Waals surface area (Å²) >= 11 is 0. The molecule has 0 aliphatic carbocycles. The molecule has 2 atom stereocenters. The molecule has 2 unspecified atom stereocenters. The van der Waals surface area contributed by atoms with E-state index in [1.165, 1.54) is 12.4 Å². The molecule has 2 N–H and O–H groups in total. The average Bonchev–Trinajstić information content (AvgIpc) is 3.30. The monoisotopic (exact) mass is 541 g/mol. The SMILES string of the molecule is Cc1cc2c(F)c(OC3=C(C(=O)N4CC(F)(F)C4)C(C4C=C(N5CCN(C)CC5)C=NC4)N=CN3)ccc2[nH]1. The van der Waals surface area contributed by atoms with Gasteiger partial charge in [-0.3, -0.25) is 14.8 Å². The molecule has 39 heavy (non-hydrogen) atoms. The lowest BCUT2D eigenvalue weighted by Crippen LogP contribution is -2.60. The van der Waals surface area contributed by atoms with E-state index >= 15 is 4.39 Å². The van der Waals surface area contributed by atoms with Crippen molar-refractivity contribution in [1.82, 2.24) is 25.0 Å². The standard InChI is InChI=1S/C27H30F3N7O2/c1-16-9-19-20(34-16)3-4-21(23(19)28)39-25-22(26(38)37-13-27(29,30)14-37)24(32-15-33-25)17-10-18(12-31-11-17)36-7-5-35(2)6-8-36/h3-4,9-10,12,15,17,24,34H,5-8,11,13-14H2,1-2H3,(H,32,33). The van der Waals surface area contributed by atoms with Gasteiger partial charge in [0, 0.05) is 61.5 Å². The summed E-state index contributed by atoms with van der Waals surface area (Å²) in [5, 5.41) is 3.18. The number of allylic oxidation sites excluding steroid dienone is 1. The summed E-state index contributed by atoms with van der Waals surface area (Å²) in [6, 6.07) is 4.08. The number of halogens is 3. The number of ether oxygens (including phenoxy) is 1. The van der Waals surface area contributed by atoms with Crippen LogP contribution in [0.2, 0.25) is 0 Å². The van der Waals surface area contributed by atoms with Crippen LogP contribution < -0.4 is 10.1 Å². The maximum atomic E-state index is 15.4. The number of nitrogens with zero attached hydrogens (tertiary/aromatic N) is 5. The van der Waals surface area contributed by atoms with E-state index in [4.69, 9.17) is 4.74 Å². The van der Waals surface area contributed by atoms with E-state index in [0.29, 0.717) is 17.4 Å². The molecule has 5 heterocycles. The van der Waals surface area contributed by atoms with Crippen LogP contribution in [-0.4, -0.2) is 103 Å². The van der Waals surface area contributed by atoms with Gasteiger partial charge in [0.2, 0.25) is 5.88 Å². The number of nitrogens with one attached hydrogen (secondary N) is 2. The number of amides is 1. The van der Waals surface area contributed by atoms with E-state index < -0.39 is 36.8 Å². The fraction of sp³-hybridized carbons (Fsp3) is 0.444. The average molecular weight is 542 g/mol. The van der Waals surface area contributed by atoms with Gasteiger partial charge in [-0.15, -0.1) is 0 Å². The quantitative estimate of drug-likeness (QED) is 0.608. The highest BCUT2D eigenvalue weighted by molar-refractivity contribution is 5.97. The summed E-state index contributed by atoms with van der Waals surface area (Å²) in [7, 11) is 2.08. The highest BCUT2D eigenvalue weighted by Gasteiger charge is 2.49. The maximum absolute atomic E-state index is 15.4. The van der Waals surface area contributed by atoms with Crippen molar-refractivity contribution >= 4 is 29.4 Å². The second-order valence-electron chi connectivity index (χ2n) is 10.6. The molecule has 1 amide bonds.